The van der Waals surface area contributed by atoms with Gasteiger partial charge in [-0.1, -0.05) is 13.8 Å². The molecule has 0 aromatic heterocycles. The number of hydrogen-bond donors (Lipinski definition) is 1. The summed E-state index contributed by atoms with van der Waals surface area (Å²) in [5.74, 6) is 0.796. The summed E-state index contributed by atoms with van der Waals surface area (Å²) in [7, 11) is 2.13. The third-order valence-electron chi connectivity index (χ3n) is 2.61. The van der Waals surface area contributed by atoms with Gasteiger partial charge in [0.15, 0.2) is 0 Å². The Labute approximate surface area is 93.1 Å². The van der Waals surface area contributed by atoms with Crippen molar-refractivity contribution in [2.24, 2.45) is 5.92 Å². The molecule has 0 aliphatic carbocycles. The van der Waals surface area contributed by atoms with Crippen molar-refractivity contribution < 1.29 is 0 Å². The Morgan fingerprint density at radius 2 is 1.80 bits per heavy atom. The molecule has 0 aliphatic rings. The van der Waals surface area contributed by atoms with Crippen LogP contribution in [-0.4, -0.2) is 13.6 Å². The highest BCUT2D eigenvalue weighted by Gasteiger charge is 2.01. The number of nitrogen functional groups attached to an aromatic ring is 1. The van der Waals surface area contributed by atoms with Crippen molar-refractivity contribution in [3.8, 4) is 0 Å². The lowest BCUT2D eigenvalue weighted by Crippen LogP contribution is -2.18. The second kappa shape index (κ2) is 5.64. The number of nitrogens with two attached hydrogens (primary N) is 1. The quantitative estimate of drug-likeness (QED) is 0.750. The van der Waals surface area contributed by atoms with E-state index in [0.29, 0.717) is 0 Å². The molecule has 0 atom stereocenters. The predicted octanol–water partition coefficient (Wildman–Crippen LogP) is 3.14. The summed E-state index contributed by atoms with van der Waals surface area (Å²) in [6.07, 6.45) is 2.54. The number of hydrogen-bond acceptors (Lipinski definition) is 2. The Bertz CT molecular complexity index is 277. The van der Waals surface area contributed by atoms with Gasteiger partial charge in [0.1, 0.15) is 0 Å². The molecule has 1 aromatic carbocycles. The summed E-state index contributed by atoms with van der Waals surface area (Å²) in [4.78, 5) is 2.28. The third kappa shape index (κ3) is 4.24. The van der Waals surface area contributed by atoms with Gasteiger partial charge in [-0.2, -0.15) is 0 Å². The third-order valence-corrected chi connectivity index (χ3v) is 2.61. The molecule has 0 saturated carbocycles. The van der Waals surface area contributed by atoms with E-state index in [1.165, 1.54) is 18.5 Å². The Morgan fingerprint density at radius 3 is 2.33 bits per heavy atom. The minimum absolute atomic E-state index is 0.796. The summed E-state index contributed by atoms with van der Waals surface area (Å²) < 4.78 is 0. The van der Waals surface area contributed by atoms with Crippen molar-refractivity contribution >= 4 is 11.4 Å². The van der Waals surface area contributed by atoms with Gasteiger partial charge >= 0.3 is 0 Å². The number of rotatable bonds is 5. The molecule has 1 aromatic rings. The molecular formula is C13H22N2. The van der Waals surface area contributed by atoms with Crippen LogP contribution < -0.4 is 10.6 Å². The average Bonchev–Trinajstić information content (AvgIpc) is 2.18. The summed E-state index contributed by atoms with van der Waals surface area (Å²) in [5, 5.41) is 0. The molecule has 0 saturated heterocycles. The summed E-state index contributed by atoms with van der Waals surface area (Å²) >= 11 is 0. The zero-order chi connectivity index (χ0) is 11.3. The van der Waals surface area contributed by atoms with Gasteiger partial charge < -0.3 is 10.6 Å². The Hall–Kier alpha value is -1.18. The largest absolute Gasteiger partial charge is 0.399 e. The Kier molecular flexibility index (Phi) is 4.47. The van der Waals surface area contributed by atoms with E-state index in [1.807, 2.05) is 12.1 Å². The van der Waals surface area contributed by atoms with Crippen LogP contribution in [-0.2, 0) is 0 Å². The van der Waals surface area contributed by atoms with E-state index in [1.54, 1.807) is 0 Å². The molecule has 0 heterocycles. The fourth-order valence-electron chi connectivity index (χ4n) is 1.59. The van der Waals surface area contributed by atoms with Gasteiger partial charge in [-0.3, -0.25) is 0 Å². The van der Waals surface area contributed by atoms with Crippen LogP contribution in [0.4, 0.5) is 11.4 Å². The topological polar surface area (TPSA) is 29.3 Å². The first kappa shape index (κ1) is 11.9. The van der Waals surface area contributed by atoms with Crippen molar-refractivity contribution in [3.05, 3.63) is 24.3 Å². The van der Waals surface area contributed by atoms with Crippen LogP contribution in [0.15, 0.2) is 24.3 Å². The van der Waals surface area contributed by atoms with Crippen LogP contribution in [0.2, 0.25) is 0 Å². The molecule has 15 heavy (non-hydrogen) atoms. The molecule has 2 nitrogen and oxygen atoms in total. The van der Waals surface area contributed by atoms with Crippen LogP contribution in [0, 0.1) is 5.92 Å². The molecule has 0 spiro atoms. The molecule has 1 rings (SSSR count). The molecule has 2 heteroatoms. The van der Waals surface area contributed by atoms with E-state index in [0.717, 1.165) is 18.2 Å². The highest BCUT2D eigenvalue weighted by Crippen LogP contribution is 2.15. The lowest BCUT2D eigenvalue weighted by Gasteiger charge is -2.19. The molecular weight excluding hydrogens is 184 g/mol. The molecule has 0 fully saturated rings. The van der Waals surface area contributed by atoms with Gasteiger partial charge in [0.2, 0.25) is 0 Å². The molecule has 0 amide bonds. The van der Waals surface area contributed by atoms with Crippen LogP contribution in [0.25, 0.3) is 0 Å². The Balaban J connectivity index is 2.40. The SMILES string of the molecule is CC(C)CCCN(C)c1ccc(N)cc1. The first-order valence-corrected chi connectivity index (χ1v) is 5.66. The first-order chi connectivity index (χ1) is 7.09. The number of nitrogens with zero attached hydrogens (tertiary/aromatic N) is 1. The van der Waals surface area contributed by atoms with Crippen LogP contribution in [0.3, 0.4) is 0 Å². The minimum Gasteiger partial charge on any atom is -0.399 e. The molecule has 0 radical (unpaired) electrons. The summed E-state index contributed by atoms with van der Waals surface area (Å²) in [6.45, 7) is 5.65. The first-order valence-electron chi connectivity index (χ1n) is 5.66. The lowest BCUT2D eigenvalue weighted by atomic mass is 10.1. The zero-order valence-corrected chi connectivity index (χ0v) is 10.0. The van der Waals surface area contributed by atoms with E-state index in [9.17, 15) is 0 Å². The van der Waals surface area contributed by atoms with Gasteiger partial charge in [-0.15, -0.1) is 0 Å². The Morgan fingerprint density at radius 1 is 1.20 bits per heavy atom. The van der Waals surface area contributed by atoms with Crippen LogP contribution in [0.1, 0.15) is 26.7 Å². The van der Waals surface area contributed by atoms with Crippen molar-refractivity contribution in [1.82, 2.24) is 0 Å². The fourth-order valence-corrected chi connectivity index (χ4v) is 1.59. The summed E-state index contributed by atoms with van der Waals surface area (Å²) in [6, 6.07) is 8.05. The van der Waals surface area contributed by atoms with Crippen LogP contribution in [0.5, 0.6) is 0 Å². The minimum atomic E-state index is 0.796. The maximum Gasteiger partial charge on any atom is 0.0365 e. The second-order valence-corrected chi connectivity index (χ2v) is 4.55. The number of anilines is 2. The predicted molar refractivity (Wildman–Crippen MR) is 68.2 cm³/mol. The highest BCUT2D eigenvalue weighted by molar-refractivity contribution is 5.52. The van der Waals surface area contributed by atoms with E-state index in [4.69, 9.17) is 5.73 Å². The van der Waals surface area contributed by atoms with Gasteiger partial charge in [0, 0.05) is 25.0 Å². The maximum atomic E-state index is 5.65. The monoisotopic (exact) mass is 206 g/mol. The van der Waals surface area contributed by atoms with E-state index in [-0.39, 0.29) is 0 Å². The molecule has 0 bridgehead atoms. The van der Waals surface area contributed by atoms with Crippen molar-refractivity contribution in [2.75, 3.05) is 24.2 Å². The second-order valence-electron chi connectivity index (χ2n) is 4.55. The van der Waals surface area contributed by atoms with Crippen molar-refractivity contribution in [2.45, 2.75) is 26.7 Å². The standard InChI is InChI=1S/C13H22N2/c1-11(2)5-4-10-15(3)13-8-6-12(14)7-9-13/h6-9,11H,4-5,10,14H2,1-3H3. The summed E-state index contributed by atoms with van der Waals surface area (Å²) in [5.41, 5.74) is 7.72. The van der Waals surface area contributed by atoms with E-state index >= 15 is 0 Å². The maximum absolute atomic E-state index is 5.65. The van der Waals surface area contributed by atoms with E-state index in [2.05, 4.69) is 37.9 Å². The van der Waals surface area contributed by atoms with Gasteiger partial charge in [0.25, 0.3) is 0 Å². The normalized spacial score (nSPS) is 10.7. The van der Waals surface area contributed by atoms with Gasteiger partial charge in [-0.05, 0) is 43.0 Å². The average molecular weight is 206 g/mol. The van der Waals surface area contributed by atoms with Crippen molar-refractivity contribution in [1.29, 1.82) is 0 Å². The molecule has 0 aliphatic heterocycles. The van der Waals surface area contributed by atoms with Crippen LogP contribution >= 0.6 is 0 Å². The lowest BCUT2D eigenvalue weighted by molar-refractivity contribution is 0.556. The van der Waals surface area contributed by atoms with Gasteiger partial charge in [0.05, 0.1) is 0 Å². The van der Waals surface area contributed by atoms with Gasteiger partial charge in [-0.25, -0.2) is 0 Å². The van der Waals surface area contributed by atoms with E-state index < -0.39 is 0 Å². The van der Waals surface area contributed by atoms with Crippen molar-refractivity contribution in [3.63, 3.8) is 0 Å². The molecule has 2 N–H and O–H groups in total. The smallest absolute Gasteiger partial charge is 0.0365 e. The fraction of sp³-hybridized carbons (Fsp3) is 0.538. The number of benzene rings is 1. The molecule has 0 unspecified atom stereocenters. The zero-order valence-electron chi connectivity index (χ0n) is 10.0. The molecule has 84 valence electrons. The highest BCUT2D eigenvalue weighted by atomic mass is 15.1.